The van der Waals surface area contributed by atoms with Crippen molar-refractivity contribution in [2.24, 2.45) is 16.7 Å². The van der Waals surface area contributed by atoms with Crippen LogP contribution in [-0.2, 0) is 6.54 Å². The number of ether oxygens (including phenoxy) is 2. The summed E-state index contributed by atoms with van der Waals surface area (Å²) < 4.78 is 11.3. The summed E-state index contributed by atoms with van der Waals surface area (Å²) in [4.78, 5) is 0. The molecule has 0 amide bonds. The molecule has 4 aliphatic carbocycles. The minimum atomic E-state index is 0.275. The summed E-state index contributed by atoms with van der Waals surface area (Å²) in [5.74, 6) is 2.40. The highest BCUT2D eigenvalue weighted by atomic mass is 35.5. The van der Waals surface area contributed by atoms with Gasteiger partial charge in [0.25, 0.3) is 0 Å². The predicted octanol–water partition coefficient (Wildman–Crippen LogP) is 5.98. The molecule has 0 spiro atoms. The van der Waals surface area contributed by atoms with E-state index in [1.165, 1.54) is 38.5 Å². The monoisotopic (exact) mass is 391 g/mol. The highest BCUT2D eigenvalue weighted by Crippen LogP contribution is 2.66. The number of hydrogen-bond donors (Lipinski definition) is 1. The Hall–Kier alpha value is -0.930. The molecule has 2 unspecified atom stereocenters. The number of nitrogens with one attached hydrogen (secondary N) is 1. The van der Waals surface area contributed by atoms with Gasteiger partial charge in [0.15, 0.2) is 11.5 Å². The van der Waals surface area contributed by atoms with E-state index in [0.29, 0.717) is 17.4 Å². The van der Waals surface area contributed by atoms with E-state index in [4.69, 9.17) is 21.1 Å². The lowest BCUT2D eigenvalue weighted by Gasteiger charge is -2.65. The fourth-order valence-corrected chi connectivity index (χ4v) is 7.35. The van der Waals surface area contributed by atoms with Crippen LogP contribution in [0.2, 0.25) is 5.02 Å². The molecule has 1 N–H and O–H groups in total. The molecular weight excluding hydrogens is 358 g/mol. The van der Waals surface area contributed by atoms with Gasteiger partial charge in [-0.2, -0.15) is 0 Å². The predicted molar refractivity (Wildman–Crippen MR) is 111 cm³/mol. The first-order valence-corrected chi connectivity index (χ1v) is 10.9. The van der Waals surface area contributed by atoms with Gasteiger partial charge in [-0.15, -0.1) is 0 Å². The zero-order valence-electron chi connectivity index (χ0n) is 17.3. The Bertz CT molecular complexity index is 701. The van der Waals surface area contributed by atoms with Crippen LogP contribution in [-0.4, -0.2) is 19.3 Å². The molecule has 27 heavy (non-hydrogen) atoms. The summed E-state index contributed by atoms with van der Waals surface area (Å²) in [6.45, 7) is 8.59. The summed E-state index contributed by atoms with van der Waals surface area (Å²) in [5.41, 5.74) is 2.40. The van der Waals surface area contributed by atoms with E-state index >= 15 is 0 Å². The lowest BCUT2D eigenvalue weighted by Crippen LogP contribution is -2.63. The van der Waals surface area contributed by atoms with E-state index in [-0.39, 0.29) is 5.54 Å². The number of methoxy groups -OCH3 is 1. The van der Waals surface area contributed by atoms with Crippen molar-refractivity contribution >= 4 is 11.6 Å². The average molecular weight is 392 g/mol. The van der Waals surface area contributed by atoms with Crippen LogP contribution < -0.4 is 14.8 Å². The maximum Gasteiger partial charge on any atom is 0.162 e. The number of benzene rings is 1. The number of rotatable bonds is 7. The molecular formula is C23H34ClNO2. The minimum absolute atomic E-state index is 0.275. The molecule has 150 valence electrons. The molecule has 4 aliphatic rings. The molecule has 0 aromatic heterocycles. The lowest BCUT2D eigenvalue weighted by molar-refractivity contribution is -0.118. The van der Waals surface area contributed by atoms with Crippen molar-refractivity contribution in [3.63, 3.8) is 0 Å². The standard InChI is InChI=1S/C23H34ClNO2/c1-5-6-27-20-8-18(24)17(7-19(20)26-4)12-25-23-11-16-9-21(2,14-23)13-22(3,10-16)15-23/h7-8,16,25H,5-6,9-15H2,1-4H3. The van der Waals surface area contributed by atoms with Crippen LogP contribution in [0.4, 0.5) is 0 Å². The van der Waals surface area contributed by atoms with Gasteiger partial charge >= 0.3 is 0 Å². The first kappa shape index (κ1) is 19.4. The summed E-state index contributed by atoms with van der Waals surface area (Å²) in [6.07, 6.45) is 9.14. The van der Waals surface area contributed by atoms with Gasteiger partial charge in [-0.25, -0.2) is 0 Å². The van der Waals surface area contributed by atoms with Gasteiger partial charge in [0.2, 0.25) is 0 Å². The second-order valence-corrected chi connectivity index (χ2v) is 10.6. The second-order valence-electron chi connectivity index (χ2n) is 10.2. The molecule has 0 heterocycles. The molecule has 4 saturated carbocycles. The summed E-state index contributed by atoms with van der Waals surface area (Å²) in [7, 11) is 1.69. The lowest BCUT2D eigenvalue weighted by atomic mass is 9.43. The molecule has 4 fully saturated rings. The van der Waals surface area contributed by atoms with Gasteiger partial charge in [-0.1, -0.05) is 32.4 Å². The smallest absolute Gasteiger partial charge is 0.162 e. The zero-order chi connectivity index (χ0) is 19.3. The van der Waals surface area contributed by atoms with Gasteiger partial charge < -0.3 is 14.8 Å². The summed E-state index contributed by atoms with van der Waals surface area (Å²) in [5, 5.41) is 4.73. The Morgan fingerprint density at radius 1 is 1.07 bits per heavy atom. The van der Waals surface area contributed by atoms with E-state index in [9.17, 15) is 0 Å². The highest BCUT2D eigenvalue weighted by Gasteiger charge is 2.59. The van der Waals surface area contributed by atoms with Crippen LogP contribution in [0.25, 0.3) is 0 Å². The van der Waals surface area contributed by atoms with Crippen molar-refractivity contribution in [3.05, 3.63) is 22.7 Å². The van der Waals surface area contributed by atoms with Crippen molar-refractivity contribution in [1.82, 2.24) is 5.32 Å². The topological polar surface area (TPSA) is 30.5 Å². The van der Waals surface area contributed by atoms with Gasteiger partial charge in [0.1, 0.15) is 0 Å². The van der Waals surface area contributed by atoms with E-state index in [0.717, 1.165) is 41.0 Å². The quantitative estimate of drug-likeness (QED) is 0.620. The third-order valence-electron chi connectivity index (χ3n) is 7.07. The van der Waals surface area contributed by atoms with Crippen LogP contribution in [0, 0.1) is 16.7 Å². The maximum atomic E-state index is 6.60. The Balaban J connectivity index is 1.52. The Morgan fingerprint density at radius 3 is 2.37 bits per heavy atom. The molecule has 5 rings (SSSR count). The SMILES string of the molecule is CCCOc1cc(Cl)c(CNC23CC4CC(C)(CC(C)(C4)C2)C3)cc1OC. The van der Waals surface area contributed by atoms with Crippen molar-refractivity contribution in [3.8, 4) is 11.5 Å². The van der Waals surface area contributed by atoms with Crippen LogP contribution in [0.15, 0.2) is 12.1 Å². The highest BCUT2D eigenvalue weighted by molar-refractivity contribution is 6.31. The Morgan fingerprint density at radius 2 is 1.78 bits per heavy atom. The fourth-order valence-electron chi connectivity index (χ4n) is 7.12. The minimum Gasteiger partial charge on any atom is -0.493 e. The van der Waals surface area contributed by atoms with E-state index in [1.807, 2.05) is 12.1 Å². The van der Waals surface area contributed by atoms with Crippen molar-refractivity contribution in [2.45, 2.75) is 77.8 Å². The van der Waals surface area contributed by atoms with Crippen LogP contribution in [0.1, 0.15) is 71.3 Å². The Labute approximate surface area is 169 Å². The average Bonchev–Trinajstić information content (AvgIpc) is 2.55. The molecule has 1 aromatic carbocycles. The number of halogens is 1. The molecule has 1 aromatic rings. The van der Waals surface area contributed by atoms with Gasteiger partial charge in [0, 0.05) is 23.2 Å². The summed E-state index contributed by atoms with van der Waals surface area (Å²) in [6, 6.07) is 3.96. The number of hydrogen-bond acceptors (Lipinski definition) is 3. The van der Waals surface area contributed by atoms with Gasteiger partial charge in [-0.3, -0.25) is 0 Å². The third kappa shape index (κ3) is 3.70. The molecule has 0 saturated heterocycles. The normalized spacial score (nSPS) is 36.9. The van der Waals surface area contributed by atoms with Crippen molar-refractivity contribution in [2.75, 3.05) is 13.7 Å². The fraction of sp³-hybridized carbons (Fsp3) is 0.739. The molecule has 4 bridgehead atoms. The van der Waals surface area contributed by atoms with Crippen LogP contribution in [0.3, 0.4) is 0 Å². The van der Waals surface area contributed by atoms with Crippen LogP contribution >= 0.6 is 11.6 Å². The first-order chi connectivity index (χ1) is 12.8. The van der Waals surface area contributed by atoms with Crippen molar-refractivity contribution in [1.29, 1.82) is 0 Å². The van der Waals surface area contributed by atoms with E-state index < -0.39 is 0 Å². The first-order valence-electron chi connectivity index (χ1n) is 10.5. The Kier molecular flexibility index (Phi) is 4.91. The van der Waals surface area contributed by atoms with Gasteiger partial charge in [0.05, 0.1) is 13.7 Å². The van der Waals surface area contributed by atoms with Crippen LogP contribution in [0.5, 0.6) is 11.5 Å². The van der Waals surface area contributed by atoms with E-state index in [2.05, 4.69) is 26.1 Å². The molecule has 0 radical (unpaired) electrons. The van der Waals surface area contributed by atoms with E-state index in [1.54, 1.807) is 7.11 Å². The molecule has 4 heteroatoms. The molecule has 2 atom stereocenters. The molecule has 0 aliphatic heterocycles. The van der Waals surface area contributed by atoms with Crippen molar-refractivity contribution < 1.29 is 9.47 Å². The third-order valence-corrected chi connectivity index (χ3v) is 7.43. The second kappa shape index (κ2) is 6.84. The maximum absolute atomic E-state index is 6.60. The molecule has 3 nitrogen and oxygen atoms in total. The van der Waals surface area contributed by atoms with Gasteiger partial charge in [-0.05, 0) is 73.3 Å². The summed E-state index contributed by atoms with van der Waals surface area (Å²) >= 11 is 6.60. The largest absolute Gasteiger partial charge is 0.493 e. The zero-order valence-corrected chi connectivity index (χ0v) is 18.0.